The number of rotatable bonds is 6. The first-order valence-corrected chi connectivity index (χ1v) is 8.32. The minimum absolute atomic E-state index is 0.185. The van der Waals surface area contributed by atoms with Gasteiger partial charge in [-0.2, -0.15) is 0 Å². The zero-order chi connectivity index (χ0) is 16.8. The van der Waals surface area contributed by atoms with Crippen LogP contribution in [-0.4, -0.2) is 42.7 Å². The van der Waals surface area contributed by atoms with Crippen LogP contribution >= 0.6 is 0 Å². The first kappa shape index (κ1) is 17.8. The normalized spacial score (nSPS) is 17.6. The van der Waals surface area contributed by atoms with Crippen molar-refractivity contribution in [2.75, 3.05) is 19.8 Å². The molecule has 1 aromatic rings. The van der Waals surface area contributed by atoms with Crippen molar-refractivity contribution in [2.24, 2.45) is 5.16 Å². The predicted molar refractivity (Wildman–Crippen MR) is 92.3 cm³/mol. The Labute approximate surface area is 138 Å². The van der Waals surface area contributed by atoms with Crippen molar-refractivity contribution in [2.45, 2.75) is 52.7 Å². The second kappa shape index (κ2) is 8.31. The van der Waals surface area contributed by atoms with Crippen molar-refractivity contribution in [1.29, 1.82) is 0 Å². The minimum Gasteiger partial charge on any atom is -0.493 e. The lowest BCUT2D eigenvalue weighted by Crippen LogP contribution is -2.34. The van der Waals surface area contributed by atoms with Crippen molar-refractivity contribution in [3.63, 3.8) is 0 Å². The summed E-state index contributed by atoms with van der Waals surface area (Å²) in [5, 5.41) is 17.3. The van der Waals surface area contributed by atoms with Gasteiger partial charge in [-0.15, -0.1) is 0 Å². The molecule has 0 radical (unpaired) electrons. The van der Waals surface area contributed by atoms with Gasteiger partial charge in [0, 0.05) is 18.2 Å². The van der Waals surface area contributed by atoms with Crippen molar-refractivity contribution < 1.29 is 14.7 Å². The Hall–Kier alpha value is -1.59. The van der Waals surface area contributed by atoms with Gasteiger partial charge in [0.15, 0.2) is 0 Å². The highest BCUT2D eigenvalue weighted by Gasteiger charge is 2.17. The van der Waals surface area contributed by atoms with Gasteiger partial charge in [-0.3, -0.25) is 0 Å². The number of oxime groups is 1. The Balaban J connectivity index is 2.03. The molecule has 1 atom stereocenters. The van der Waals surface area contributed by atoms with E-state index in [-0.39, 0.29) is 6.61 Å². The third-order valence-electron chi connectivity index (χ3n) is 3.93. The van der Waals surface area contributed by atoms with Gasteiger partial charge in [-0.05, 0) is 49.9 Å². The van der Waals surface area contributed by atoms with Crippen LogP contribution in [0.1, 0.15) is 43.4 Å². The van der Waals surface area contributed by atoms with Gasteiger partial charge < -0.3 is 20.0 Å². The molecule has 0 fully saturated rings. The molecule has 0 aromatic heterocycles. The highest BCUT2D eigenvalue weighted by atomic mass is 16.6. The van der Waals surface area contributed by atoms with Crippen LogP contribution in [0.25, 0.3) is 0 Å². The number of aliphatic hydroxyl groups excluding tert-OH is 1. The van der Waals surface area contributed by atoms with E-state index >= 15 is 0 Å². The molecule has 0 spiro atoms. The number of nitrogens with zero attached hydrogens (tertiary/aromatic N) is 1. The quantitative estimate of drug-likeness (QED) is 0.791. The molecular formula is C18H28N2O3. The van der Waals surface area contributed by atoms with Crippen LogP contribution in [0.2, 0.25) is 0 Å². The molecule has 0 bridgehead atoms. The number of nitrogens with one attached hydrogen (secondary N) is 1. The average Bonchev–Trinajstić information content (AvgIpc) is 2.68. The Kier molecular flexibility index (Phi) is 6.42. The Morgan fingerprint density at radius 1 is 1.30 bits per heavy atom. The second-order valence-corrected chi connectivity index (χ2v) is 6.44. The fourth-order valence-corrected chi connectivity index (χ4v) is 2.42. The number of hydrogen-bond acceptors (Lipinski definition) is 5. The van der Waals surface area contributed by atoms with Gasteiger partial charge in [-0.1, -0.05) is 19.0 Å². The molecule has 0 saturated carbocycles. The average molecular weight is 320 g/mol. The summed E-state index contributed by atoms with van der Waals surface area (Å²) >= 11 is 0. The number of aryl methyl sites for hydroxylation is 2. The van der Waals surface area contributed by atoms with E-state index in [1.165, 1.54) is 11.1 Å². The van der Waals surface area contributed by atoms with E-state index in [1.54, 1.807) is 0 Å². The zero-order valence-corrected chi connectivity index (χ0v) is 14.6. The lowest BCUT2D eigenvalue weighted by Gasteiger charge is -2.14. The van der Waals surface area contributed by atoms with Gasteiger partial charge in [-0.25, -0.2) is 0 Å². The van der Waals surface area contributed by atoms with Gasteiger partial charge in [0.25, 0.3) is 0 Å². The SMILES string of the molecule is Cc1cc2c(cc1C)/C(=N\OCC(O)CNC(C)C)CCCO2. The summed E-state index contributed by atoms with van der Waals surface area (Å²) in [5.74, 6) is 0.870. The van der Waals surface area contributed by atoms with Crippen LogP contribution in [0, 0.1) is 13.8 Å². The molecule has 2 N–H and O–H groups in total. The summed E-state index contributed by atoms with van der Waals surface area (Å²) in [4.78, 5) is 5.39. The molecule has 23 heavy (non-hydrogen) atoms. The molecule has 1 aliphatic rings. The first-order chi connectivity index (χ1) is 11.0. The van der Waals surface area contributed by atoms with Gasteiger partial charge >= 0.3 is 0 Å². The van der Waals surface area contributed by atoms with Crippen LogP contribution in [0.5, 0.6) is 5.75 Å². The summed E-state index contributed by atoms with van der Waals surface area (Å²) in [7, 11) is 0. The highest BCUT2D eigenvalue weighted by Crippen LogP contribution is 2.28. The second-order valence-electron chi connectivity index (χ2n) is 6.44. The number of aliphatic hydroxyl groups is 1. The maximum atomic E-state index is 9.88. The van der Waals surface area contributed by atoms with Crippen LogP contribution in [0.15, 0.2) is 17.3 Å². The molecule has 1 aromatic carbocycles. The molecule has 1 heterocycles. The van der Waals surface area contributed by atoms with Crippen molar-refractivity contribution in [3.8, 4) is 5.75 Å². The molecule has 0 aliphatic carbocycles. The van der Waals surface area contributed by atoms with Crippen LogP contribution in [0.4, 0.5) is 0 Å². The van der Waals surface area contributed by atoms with E-state index in [2.05, 4.69) is 36.5 Å². The third kappa shape index (κ3) is 5.22. The lowest BCUT2D eigenvalue weighted by molar-refractivity contribution is 0.0392. The molecule has 128 valence electrons. The highest BCUT2D eigenvalue weighted by molar-refractivity contribution is 6.03. The van der Waals surface area contributed by atoms with E-state index in [0.717, 1.165) is 29.9 Å². The van der Waals surface area contributed by atoms with Crippen LogP contribution in [0.3, 0.4) is 0 Å². The summed E-state index contributed by atoms with van der Waals surface area (Å²) in [5.41, 5.74) is 4.31. The van der Waals surface area contributed by atoms with Crippen molar-refractivity contribution in [1.82, 2.24) is 5.32 Å². The number of benzene rings is 1. The molecular weight excluding hydrogens is 292 g/mol. The van der Waals surface area contributed by atoms with Gasteiger partial charge in [0.05, 0.1) is 12.3 Å². The zero-order valence-electron chi connectivity index (χ0n) is 14.6. The van der Waals surface area contributed by atoms with Crippen LogP contribution in [-0.2, 0) is 4.84 Å². The van der Waals surface area contributed by atoms with E-state index in [0.29, 0.717) is 19.2 Å². The van der Waals surface area contributed by atoms with E-state index < -0.39 is 6.10 Å². The Morgan fingerprint density at radius 3 is 2.78 bits per heavy atom. The maximum Gasteiger partial charge on any atom is 0.144 e. The van der Waals surface area contributed by atoms with Crippen LogP contribution < -0.4 is 10.1 Å². The predicted octanol–water partition coefficient (Wildman–Crippen LogP) is 2.56. The van der Waals surface area contributed by atoms with E-state index in [1.807, 2.05) is 13.8 Å². The fourth-order valence-electron chi connectivity index (χ4n) is 2.42. The summed E-state index contributed by atoms with van der Waals surface area (Å²) in [6.07, 6.45) is 1.16. The molecule has 2 rings (SSSR count). The fraction of sp³-hybridized carbons (Fsp3) is 0.611. The Bertz CT molecular complexity index is 555. The third-order valence-corrected chi connectivity index (χ3v) is 3.93. The summed E-state index contributed by atoms with van der Waals surface area (Å²) in [6.45, 7) is 9.62. The topological polar surface area (TPSA) is 63.1 Å². The number of ether oxygens (including phenoxy) is 1. The Morgan fingerprint density at radius 2 is 2.04 bits per heavy atom. The molecule has 0 amide bonds. The number of fused-ring (bicyclic) bond motifs is 1. The molecule has 1 aliphatic heterocycles. The minimum atomic E-state index is -0.567. The monoisotopic (exact) mass is 320 g/mol. The number of hydrogen-bond donors (Lipinski definition) is 2. The van der Waals surface area contributed by atoms with Gasteiger partial charge in [0.2, 0.25) is 0 Å². The van der Waals surface area contributed by atoms with Crippen molar-refractivity contribution in [3.05, 3.63) is 28.8 Å². The van der Waals surface area contributed by atoms with E-state index in [4.69, 9.17) is 9.57 Å². The first-order valence-electron chi connectivity index (χ1n) is 8.32. The largest absolute Gasteiger partial charge is 0.493 e. The van der Waals surface area contributed by atoms with Gasteiger partial charge in [0.1, 0.15) is 18.5 Å². The standard InChI is InChI=1S/C18H28N2O3/c1-12(2)19-10-15(21)11-23-20-17-6-5-7-22-18-9-14(4)13(3)8-16(17)18/h8-9,12,15,19,21H,5-7,10-11H2,1-4H3/b20-17-. The summed E-state index contributed by atoms with van der Waals surface area (Å²) in [6, 6.07) is 4.51. The molecule has 5 nitrogen and oxygen atoms in total. The summed E-state index contributed by atoms with van der Waals surface area (Å²) < 4.78 is 5.81. The molecule has 1 unspecified atom stereocenters. The maximum absolute atomic E-state index is 9.88. The molecule has 5 heteroatoms. The lowest BCUT2D eigenvalue weighted by atomic mass is 10.0. The smallest absolute Gasteiger partial charge is 0.144 e. The van der Waals surface area contributed by atoms with E-state index in [9.17, 15) is 5.11 Å². The van der Waals surface area contributed by atoms with Crippen molar-refractivity contribution >= 4 is 5.71 Å². The molecule has 0 saturated heterocycles.